The summed E-state index contributed by atoms with van der Waals surface area (Å²) in [6.07, 6.45) is 0.0773. The summed E-state index contributed by atoms with van der Waals surface area (Å²) in [6, 6.07) is 11.9. The van der Waals surface area contributed by atoms with Crippen molar-refractivity contribution in [2.45, 2.75) is 50.2 Å². The summed E-state index contributed by atoms with van der Waals surface area (Å²) in [5.41, 5.74) is 1.79. The van der Waals surface area contributed by atoms with Crippen molar-refractivity contribution in [3.05, 3.63) is 65.5 Å². The van der Waals surface area contributed by atoms with E-state index in [0.29, 0.717) is 6.61 Å². The van der Waals surface area contributed by atoms with Crippen LogP contribution in [0, 0.1) is 5.82 Å². The molecule has 2 aromatic rings. The first kappa shape index (κ1) is 21.1. The number of benzene rings is 2. The van der Waals surface area contributed by atoms with Crippen molar-refractivity contribution >= 4 is 15.7 Å². The van der Waals surface area contributed by atoms with E-state index in [1.807, 2.05) is 38.1 Å². The number of halogens is 1. The van der Waals surface area contributed by atoms with Crippen molar-refractivity contribution in [1.29, 1.82) is 0 Å². The largest absolute Gasteiger partial charge is 0.374 e. The van der Waals surface area contributed by atoms with Crippen LogP contribution in [0.1, 0.15) is 31.9 Å². The van der Waals surface area contributed by atoms with Gasteiger partial charge in [-0.05, 0) is 56.2 Å². The van der Waals surface area contributed by atoms with Crippen LogP contribution in [-0.2, 0) is 32.5 Å². The second kappa shape index (κ2) is 9.10. The van der Waals surface area contributed by atoms with E-state index in [1.54, 1.807) is 0 Å². The average Bonchev–Trinajstić information content (AvgIpc) is 2.64. The van der Waals surface area contributed by atoms with Crippen molar-refractivity contribution in [3.63, 3.8) is 0 Å². The quantitative estimate of drug-likeness (QED) is 0.699. The Labute approximate surface area is 159 Å². The van der Waals surface area contributed by atoms with E-state index in [4.69, 9.17) is 4.74 Å². The zero-order valence-corrected chi connectivity index (χ0v) is 16.4. The van der Waals surface area contributed by atoms with Crippen molar-refractivity contribution in [2.75, 3.05) is 0 Å². The van der Waals surface area contributed by atoms with Gasteiger partial charge in [-0.25, -0.2) is 12.8 Å². The van der Waals surface area contributed by atoms with Gasteiger partial charge in [-0.2, -0.15) is 0 Å². The zero-order valence-electron chi connectivity index (χ0n) is 15.6. The first-order valence-electron chi connectivity index (χ1n) is 8.67. The first-order chi connectivity index (χ1) is 12.7. The number of hydrogen-bond donors (Lipinski definition) is 1. The highest BCUT2D eigenvalue weighted by molar-refractivity contribution is 7.92. The van der Waals surface area contributed by atoms with Crippen molar-refractivity contribution in [1.82, 2.24) is 5.32 Å². The molecule has 7 heteroatoms. The summed E-state index contributed by atoms with van der Waals surface area (Å²) in [6.45, 7) is 5.80. The summed E-state index contributed by atoms with van der Waals surface area (Å²) in [5, 5.41) is 1.38. The second-order valence-corrected chi connectivity index (χ2v) is 8.76. The Morgan fingerprint density at radius 1 is 1.04 bits per heavy atom. The Balaban J connectivity index is 2.06. The molecule has 0 aliphatic rings. The Kier molecular flexibility index (Phi) is 7.10. The van der Waals surface area contributed by atoms with E-state index in [0.717, 1.165) is 35.4 Å². The summed E-state index contributed by atoms with van der Waals surface area (Å²) < 4.78 is 43.7. The van der Waals surface area contributed by atoms with Crippen LogP contribution in [0.3, 0.4) is 0 Å². The lowest BCUT2D eigenvalue weighted by Gasteiger charge is -2.16. The van der Waals surface area contributed by atoms with Gasteiger partial charge in [0.15, 0.2) is 9.84 Å². The minimum absolute atomic E-state index is 0.0773. The van der Waals surface area contributed by atoms with Crippen molar-refractivity contribution in [2.24, 2.45) is 0 Å². The van der Waals surface area contributed by atoms with Crippen molar-refractivity contribution in [3.8, 4) is 0 Å². The van der Waals surface area contributed by atoms with E-state index in [9.17, 15) is 17.6 Å². The van der Waals surface area contributed by atoms with Gasteiger partial charge in [0.05, 0.1) is 17.6 Å². The molecule has 0 aromatic heterocycles. The van der Waals surface area contributed by atoms with Gasteiger partial charge in [-0.1, -0.05) is 24.3 Å². The molecule has 0 fully saturated rings. The van der Waals surface area contributed by atoms with Crippen LogP contribution in [0.5, 0.6) is 0 Å². The third-order valence-corrected chi connectivity index (χ3v) is 6.19. The lowest BCUT2D eigenvalue weighted by molar-refractivity contribution is -0.120. The minimum atomic E-state index is -3.89. The predicted molar refractivity (Wildman–Crippen MR) is 101 cm³/mol. The highest BCUT2D eigenvalue weighted by atomic mass is 32.2. The van der Waals surface area contributed by atoms with Gasteiger partial charge in [0, 0.05) is 6.54 Å². The number of sulfone groups is 1. The third kappa shape index (κ3) is 5.61. The summed E-state index contributed by atoms with van der Waals surface area (Å²) in [7, 11) is -3.89. The lowest BCUT2D eigenvalue weighted by atomic mass is 10.1. The number of nitrogens with one attached hydrogen (secondary N) is 1. The fraction of sp³-hybridized carbons (Fsp3) is 0.350. The Bertz CT molecular complexity index is 879. The Morgan fingerprint density at radius 3 is 2.22 bits per heavy atom. The number of amides is 1. The van der Waals surface area contributed by atoms with Crippen LogP contribution in [0.2, 0.25) is 0 Å². The number of carbonyl (C=O) groups excluding carboxylic acids is 1. The maximum atomic E-state index is 13.0. The van der Waals surface area contributed by atoms with Gasteiger partial charge in [-0.15, -0.1) is 0 Å². The maximum Gasteiger partial charge on any atom is 0.238 e. The number of ether oxygens (including phenoxy) is 1. The molecule has 0 saturated heterocycles. The minimum Gasteiger partial charge on any atom is -0.374 e. The van der Waals surface area contributed by atoms with Gasteiger partial charge in [0.2, 0.25) is 5.91 Å². The van der Waals surface area contributed by atoms with Gasteiger partial charge in [-0.3, -0.25) is 4.79 Å². The molecule has 27 heavy (non-hydrogen) atoms. The molecule has 5 nitrogen and oxygen atoms in total. The normalized spacial score (nSPS) is 12.8. The molecule has 146 valence electrons. The summed E-state index contributed by atoms with van der Waals surface area (Å²) >= 11 is 0. The molecule has 0 spiro atoms. The molecular formula is C20H24FNO4S. The van der Waals surface area contributed by atoms with Crippen LogP contribution in [0.25, 0.3) is 0 Å². The lowest BCUT2D eigenvalue weighted by Crippen LogP contribution is -2.37. The van der Waals surface area contributed by atoms with Gasteiger partial charge >= 0.3 is 0 Å². The van der Waals surface area contributed by atoms with Crippen LogP contribution in [0.15, 0.2) is 53.4 Å². The van der Waals surface area contributed by atoms with Crippen LogP contribution in [0.4, 0.5) is 4.39 Å². The summed E-state index contributed by atoms with van der Waals surface area (Å²) in [4.78, 5) is 12.3. The van der Waals surface area contributed by atoms with E-state index >= 15 is 0 Å². The molecule has 2 rings (SSSR count). The molecular weight excluding hydrogens is 369 g/mol. The van der Waals surface area contributed by atoms with E-state index in [1.165, 1.54) is 6.92 Å². The smallest absolute Gasteiger partial charge is 0.238 e. The van der Waals surface area contributed by atoms with Crippen LogP contribution < -0.4 is 5.32 Å². The van der Waals surface area contributed by atoms with Gasteiger partial charge < -0.3 is 10.1 Å². The number of rotatable bonds is 8. The molecule has 2 aromatic carbocycles. The molecule has 0 bridgehead atoms. The van der Waals surface area contributed by atoms with E-state index in [-0.39, 0.29) is 17.5 Å². The number of hydrogen-bond acceptors (Lipinski definition) is 4. The topological polar surface area (TPSA) is 72.5 Å². The van der Waals surface area contributed by atoms with E-state index < -0.39 is 26.8 Å². The van der Waals surface area contributed by atoms with Crippen LogP contribution in [-0.4, -0.2) is 25.7 Å². The first-order valence-corrected chi connectivity index (χ1v) is 10.2. The fourth-order valence-corrected chi connectivity index (χ4v) is 3.71. The van der Waals surface area contributed by atoms with E-state index in [2.05, 4.69) is 5.32 Å². The molecule has 0 aliphatic carbocycles. The highest BCUT2D eigenvalue weighted by Gasteiger charge is 2.29. The van der Waals surface area contributed by atoms with Gasteiger partial charge in [0.25, 0.3) is 0 Å². The molecule has 0 heterocycles. The Morgan fingerprint density at radius 2 is 1.63 bits per heavy atom. The molecule has 0 saturated carbocycles. The van der Waals surface area contributed by atoms with Crippen molar-refractivity contribution < 1.29 is 22.3 Å². The molecule has 1 atom stereocenters. The molecule has 1 amide bonds. The fourth-order valence-electron chi connectivity index (χ4n) is 2.42. The maximum absolute atomic E-state index is 13.0. The third-order valence-electron chi connectivity index (χ3n) is 4.12. The highest BCUT2D eigenvalue weighted by Crippen LogP contribution is 2.17. The SMILES string of the molecule is CC(C)OCc1ccccc1CNC(=O)C(C)S(=O)(=O)c1ccc(F)cc1. The molecule has 1 unspecified atom stereocenters. The molecule has 0 aliphatic heterocycles. The monoisotopic (exact) mass is 393 g/mol. The standard InChI is InChI=1S/C20H24FNO4S/c1-14(2)26-13-17-7-5-4-6-16(17)12-22-20(23)15(3)27(24,25)19-10-8-18(21)9-11-19/h4-11,14-15H,12-13H2,1-3H3,(H,22,23). The second-order valence-electron chi connectivity index (χ2n) is 6.49. The average molecular weight is 393 g/mol. The predicted octanol–water partition coefficient (Wildman–Crippen LogP) is 3.23. The van der Waals surface area contributed by atoms with Gasteiger partial charge in [0.1, 0.15) is 11.1 Å². The Hall–Kier alpha value is -2.25. The van der Waals surface area contributed by atoms with Crippen LogP contribution >= 0.6 is 0 Å². The summed E-state index contributed by atoms with van der Waals surface area (Å²) in [5.74, 6) is -1.15. The zero-order chi connectivity index (χ0) is 20.0. The molecule has 0 radical (unpaired) electrons. The number of carbonyl (C=O) groups is 1. The molecule has 1 N–H and O–H groups in total.